The van der Waals surface area contributed by atoms with E-state index in [0.29, 0.717) is 11.5 Å². The average molecular weight is 329 g/mol. The highest BCUT2D eigenvalue weighted by Gasteiger charge is 2.45. The maximum Gasteiger partial charge on any atom is 0.178 e. The number of rotatable bonds is 3. The third kappa shape index (κ3) is 2.47. The van der Waals surface area contributed by atoms with Gasteiger partial charge in [0, 0.05) is 17.2 Å². The molecule has 1 fully saturated rings. The number of carbonyl (C=O) groups is 1. The molecule has 1 aliphatic heterocycles. The molecule has 0 saturated carbocycles. The van der Waals surface area contributed by atoms with Crippen molar-refractivity contribution >= 4 is 11.5 Å². The lowest BCUT2D eigenvalue weighted by Crippen LogP contribution is -2.07. The van der Waals surface area contributed by atoms with E-state index < -0.39 is 0 Å². The van der Waals surface area contributed by atoms with Gasteiger partial charge in [-0.2, -0.15) is 0 Å². The van der Waals surface area contributed by atoms with Crippen molar-refractivity contribution in [3.63, 3.8) is 0 Å². The van der Waals surface area contributed by atoms with E-state index in [1.54, 1.807) is 18.6 Å². The van der Waals surface area contributed by atoms with Crippen molar-refractivity contribution in [3.05, 3.63) is 84.3 Å². The second kappa shape index (κ2) is 5.46. The van der Waals surface area contributed by atoms with E-state index in [0.717, 1.165) is 22.3 Å². The summed E-state index contributed by atoms with van der Waals surface area (Å²) in [5.41, 5.74) is 4.05. The molecule has 122 valence electrons. The summed E-state index contributed by atoms with van der Waals surface area (Å²) in [6.45, 7) is 0. The number of hydrogen-bond donors (Lipinski definition) is 1. The van der Waals surface area contributed by atoms with Crippen LogP contribution in [0.2, 0.25) is 0 Å². The standard InChI is InChI=1S/C21H15NO3/c23-18-11-19(25-15-4-2-1-3-5-15)17-10-13(14-8-9-24-12-14)6-7-16(17)20-21(18)22-20/h1-12,20-22H. The molecule has 4 heteroatoms. The van der Waals surface area contributed by atoms with Gasteiger partial charge in [-0.15, -0.1) is 0 Å². The van der Waals surface area contributed by atoms with E-state index in [1.165, 1.54) is 0 Å². The molecule has 2 unspecified atom stereocenters. The highest BCUT2D eigenvalue weighted by molar-refractivity contribution is 6.04. The maximum atomic E-state index is 12.4. The minimum Gasteiger partial charge on any atom is -0.472 e. The summed E-state index contributed by atoms with van der Waals surface area (Å²) < 4.78 is 11.3. The van der Waals surface area contributed by atoms with Crippen LogP contribution in [-0.4, -0.2) is 11.8 Å². The van der Waals surface area contributed by atoms with Crippen molar-refractivity contribution in [2.24, 2.45) is 0 Å². The maximum absolute atomic E-state index is 12.4. The quantitative estimate of drug-likeness (QED) is 0.739. The average Bonchev–Trinajstić information content (AvgIpc) is 3.28. The molecule has 2 heterocycles. The van der Waals surface area contributed by atoms with Crippen molar-refractivity contribution in [2.45, 2.75) is 12.1 Å². The second-order valence-corrected chi connectivity index (χ2v) is 6.26. The predicted octanol–water partition coefficient (Wildman–Crippen LogP) is 3.96. The summed E-state index contributed by atoms with van der Waals surface area (Å²) in [7, 11) is 0. The number of carbonyl (C=O) groups excluding carboxylic acids is 1. The second-order valence-electron chi connectivity index (χ2n) is 6.26. The molecule has 2 aromatic carbocycles. The Morgan fingerprint density at radius 1 is 0.960 bits per heavy atom. The molecule has 2 aliphatic rings. The molecule has 25 heavy (non-hydrogen) atoms. The smallest absolute Gasteiger partial charge is 0.178 e. The molecule has 1 saturated heterocycles. The predicted molar refractivity (Wildman–Crippen MR) is 93.9 cm³/mol. The van der Waals surface area contributed by atoms with Gasteiger partial charge in [-0.3, -0.25) is 10.1 Å². The van der Waals surface area contributed by atoms with Crippen LogP contribution in [0.3, 0.4) is 0 Å². The molecule has 0 amide bonds. The van der Waals surface area contributed by atoms with Gasteiger partial charge < -0.3 is 9.15 Å². The van der Waals surface area contributed by atoms with Gasteiger partial charge in [0.05, 0.1) is 24.6 Å². The van der Waals surface area contributed by atoms with Crippen molar-refractivity contribution in [3.8, 4) is 16.9 Å². The number of fused-ring (bicyclic) bond motifs is 3. The molecule has 1 aromatic heterocycles. The molecule has 1 N–H and O–H groups in total. The van der Waals surface area contributed by atoms with Crippen LogP contribution in [0.15, 0.2) is 77.6 Å². The van der Waals surface area contributed by atoms with Crippen LogP contribution in [-0.2, 0) is 4.79 Å². The van der Waals surface area contributed by atoms with Crippen LogP contribution >= 0.6 is 0 Å². The lowest BCUT2D eigenvalue weighted by molar-refractivity contribution is -0.114. The minimum absolute atomic E-state index is 0.0528. The summed E-state index contributed by atoms with van der Waals surface area (Å²) >= 11 is 0. The SMILES string of the molecule is O=C1C=C(Oc2ccccc2)c2cc(-c3ccoc3)ccc2C2NC12. The zero-order valence-electron chi connectivity index (χ0n) is 13.3. The van der Waals surface area contributed by atoms with E-state index in [4.69, 9.17) is 9.15 Å². The van der Waals surface area contributed by atoms with Crippen molar-refractivity contribution in [1.82, 2.24) is 5.32 Å². The molecule has 5 rings (SSSR count). The minimum atomic E-state index is -0.143. The molecule has 4 nitrogen and oxygen atoms in total. The van der Waals surface area contributed by atoms with Crippen LogP contribution in [0.4, 0.5) is 0 Å². The summed E-state index contributed by atoms with van der Waals surface area (Å²) in [4.78, 5) is 12.4. The van der Waals surface area contributed by atoms with Crippen molar-refractivity contribution in [2.75, 3.05) is 0 Å². The fourth-order valence-electron chi connectivity index (χ4n) is 3.30. The molecule has 0 radical (unpaired) electrons. The summed E-state index contributed by atoms with van der Waals surface area (Å²) in [6.07, 6.45) is 4.97. The Hall–Kier alpha value is -3.11. The first-order valence-electron chi connectivity index (χ1n) is 8.21. The van der Waals surface area contributed by atoms with Gasteiger partial charge in [-0.1, -0.05) is 30.3 Å². The number of hydrogen-bond acceptors (Lipinski definition) is 4. The van der Waals surface area contributed by atoms with Gasteiger partial charge >= 0.3 is 0 Å². The summed E-state index contributed by atoms with van der Waals surface area (Å²) in [5.74, 6) is 1.35. The van der Waals surface area contributed by atoms with Gasteiger partial charge in [0.25, 0.3) is 0 Å². The lowest BCUT2D eigenvalue weighted by atomic mass is 9.97. The van der Waals surface area contributed by atoms with E-state index in [9.17, 15) is 4.79 Å². The van der Waals surface area contributed by atoms with Crippen molar-refractivity contribution in [1.29, 1.82) is 0 Å². The number of para-hydroxylation sites is 1. The monoisotopic (exact) mass is 329 g/mol. The molecular formula is C21H15NO3. The highest BCUT2D eigenvalue weighted by atomic mass is 16.5. The van der Waals surface area contributed by atoms with E-state index >= 15 is 0 Å². The van der Waals surface area contributed by atoms with E-state index in [1.807, 2.05) is 36.4 Å². The lowest BCUT2D eigenvalue weighted by Gasteiger charge is -2.14. The fourth-order valence-corrected chi connectivity index (χ4v) is 3.30. The van der Waals surface area contributed by atoms with Crippen LogP contribution < -0.4 is 10.1 Å². The van der Waals surface area contributed by atoms with Gasteiger partial charge in [0.15, 0.2) is 5.78 Å². The van der Waals surface area contributed by atoms with Gasteiger partial charge in [-0.25, -0.2) is 0 Å². The van der Waals surface area contributed by atoms with Gasteiger partial charge in [0.1, 0.15) is 11.5 Å². The molecule has 0 bridgehead atoms. The number of furan rings is 1. The Morgan fingerprint density at radius 2 is 1.84 bits per heavy atom. The largest absolute Gasteiger partial charge is 0.472 e. The molecule has 1 aliphatic carbocycles. The first kappa shape index (κ1) is 14.3. The van der Waals surface area contributed by atoms with E-state index in [2.05, 4.69) is 23.5 Å². The molecular weight excluding hydrogens is 314 g/mol. The zero-order chi connectivity index (χ0) is 16.8. The Bertz CT molecular complexity index is 974. The van der Waals surface area contributed by atoms with E-state index in [-0.39, 0.29) is 17.9 Å². The Labute approximate surface area is 144 Å². The first-order valence-corrected chi connectivity index (χ1v) is 8.21. The topological polar surface area (TPSA) is 61.4 Å². The normalized spacial score (nSPS) is 21.0. The zero-order valence-corrected chi connectivity index (χ0v) is 13.3. The number of benzene rings is 2. The summed E-state index contributed by atoms with van der Waals surface area (Å²) in [5, 5.41) is 3.25. The molecule has 0 spiro atoms. The van der Waals surface area contributed by atoms with Gasteiger partial charge in [-0.05, 0) is 35.4 Å². The van der Waals surface area contributed by atoms with Crippen LogP contribution in [0.1, 0.15) is 17.2 Å². The number of nitrogens with one attached hydrogen (secondary N) is 1. The highest BCUT2D eigenvalue weighted by Crippen LogP contribution is 2.41. The summed E-state index contributed by atoms with van der Waals surface area (Å²) in [6, 6.07) is 17.5. The third-order valence-corrected chi connectivity index (χ3v) is 4.64. The first-order chi connectivity index (χ1) is 12.3. The molecule has 2 atom stereocenters. The van der Waals surface area contributed by atoms with Crippen LogP contribution in [0, 0.1) is 0 Å². The number of ketones is 1. The van der Waals surface area contributed by atoms with Gasteiger partial charge in [0.2, 0.25) is 0 Å². The Kier molecular flexibility index (Phi) is 3.11. The molecule has 3 aromatic rings. The Morgan fingerprint density at radius 3 is 2.64 bits per heavy atom. The van der Waals surface area contributed by atoms with Crippen LogP contribution in [0.25, 0.3) is 16.9 Å². The van der Waals surface area contributed by atoms with Crippen molar-refractivity contribution < 1.29 is 13.9 Å². The fraction of sp³-hybridized carbons (Fsp3) is 0.0952. The third-order valence-electron chi connectivity index (χ3n) is 4.64. The Balaban J connectivity index is 1.62. The van der Waals surface area contributed by atoms with Crippen LogP contribution in [0.5, 0.6) is 5.75 Å². The number of ether oxygens (including phenoxy) is 1.